The van der Waals surface area contributed by atoms with Gasteiger partial charge in [-0.15, -0.1) is 0 Å². The molecular weight excluding hydrogens is 306 g/mol. The van der Waals surface area contributed by atoms with Gasteiger partial charge in [-0.2, -0.15) is 0 Å². The minimum atomic E-state index is 0.177. The molecule has 0 saturated heterocycles. The second kappa shape index (κ2) is 7.43. The molecule has 128 valence electrons. The number of rotatable bonds is 5. The molecule has 0 aromatic heterocycles. The van der Waals surface area contributed by atoms with Crippen molar-refractivity contribution >= 4 is 17.1 Å². The van der Waals surface area contributed by atoms with Gasteiger partial charge < -0.3 is 9.64 Å². The van der Waals surface area contributed by atoms with Gasteiger partial charge in [0, 0.05) is 17.1 Å². The van der Waals surface area contributed by atoms with Crippen LogP contribution in [0.4, 0.5) is 17.1 Å². The summed E-state index contributed by atoms with van der Waals surface area (Å²) in [6.45, 7) is 8.30. The highest BCUT2D eigenvalue weighted by atomic mass is 16.5. The Morgan fingerprint density at radius 2 is 0.960 bits per heavy atom. The Morgan fingerprint density at radius 1 is 0.600 bits per heavy atom. The lowest BCUT2D eigenvalue weighted by molar-refractivity contribution is 0.242. The number of anilines is 3. The van der Waals surface area contributed by atoms with Crippen molar-refractivity contribution < 1.29 is 4.74 Å². The molecule has 2 nitrogen and oxygen atoms in total. The Hall–Kier alpha value is -2.74. The fourth-order valence-corrected chi connectivity index (χ4v) is 2.78. The van der Waals surface area contributed by atoms with Crippen LogP contribution >= 0.6 is 0 Å². The largest absolute Gasteiger partial charge is 0.491 e. The number of nitrogens with zero attached hydrogens (tertiary/aromatic N) is 1. The third kappa shape index (κ3) is 4.21. The van der Waals surface area contributed by atoms with Gasteiger partial charge in [0.2, 0.25) is 0 Å². The zero-order valence-electron chi connectivity index (χ0n) is 15.4. The molecule has 0 saturated carbocycles. The zero-order chi connectivity index (χ0) is 17.8. The number of hydrogen-bond donors (Lipinski definition) is 0. The minimum Gasteiger partial charge on any atom is -0.491 e. The maximum atomic E-state index is 5.77. The van der Waals surface area contributed by atoms with Crippen molar-refractivity contribution in [2.45, 2.75) is 33.8 Å². The Kier molecular flexibility index (Phi) is 5.08. The Morgan fingerprint density at radius 3 is 1.32 bits per heavy atom. The predicted molar refractivity (Wildman–Crippen MR) is 106 cm³/mol. The molecule has 0 aliphatic heterocycles. The van der Waals surface area contributed by atoms with Crippen LogP contribution in [0.5, 0.6) is 5.75 Å². The van der Waals surface area contributed by atoms with Gasteiger partial charge in [-0.1, -0.05) is 35.4 Å². The lowest BCUT2D eigenvalue weighted by Gasteiger charge is -2.26. The second-order valence-electron chi connectivity index (χ2n) is 6.67. The van der Waals surface area contributed by atoms with Gasteiger partial charge in [-0.05, 0) is 76.2 Å². The summed E-state index contributed by atoms with van der Waals surface area (Å²) in [5.41, 5.74) is 5.92. The van der Waals surface area contributed by atoms with Gasteiger partial charge in [0.05, 0.1) is 6.10 Å². The van der Waals surface area contributed by atoms with Gasteiger partial charge in [0.1, 0.15) is 5.75 Å². The summed E-state index contributed by atoms with van der Waals surface area (Å²) in [7, 11) is 0. The van der Waals surface area contributed by atoms with Crippen LogP contribution in [-0.4, -0.2) is 6.10 Å². The molecule has 0 N–H and O–H groups in total. The van der Waals surface area contributed by atoms with Crippen molar-refractivity contribution in [1.29, 1.82) is 0 Å². The minimum absolute atomic E-state index is 0.177. The smallest absolute Gasteiger partial charge is 0.119 e. The van der Waals surface area contributed by atoms with Crippen LogP contribution in [0.15, 0.2) is 72.8 Å². The molecule has 0 unspecified atom stereocenters. The third-order valence-corrected chi connectivity index (χ3v) is 4.05. The molecule has 0 bridgehead atoms. The fourth-order valence-electron chi connectivity index (χ4n) is 2.78. The van der Waals surface area contributed by atoms with E-state index in [1.165, 1.54) is 11.1 Å². The zero-order valence-corrected chi connectivity index (χ0v) is 15.4. The Labute approximate surface area is 150 Å². The molecule has 3 rings (SSSR count). The summed E-state index contributed by atoms with van der Waals surface area (Å²) in [5, 5.41) is 0. The molecule has 25 heavy (non-hydrogen) atoms. The number of aryl methyl sites for hydroxylation is 2. The van der Waals surface area contributed by atoms with Crippen molar-refractivity contribution in [1.82, 2.24) is 0 Å². The van der Waals surface area contributed by atoms with E-state index in [9.17, 15) is 0 Å². The van der Waals surface area contributed by atoms with Gasteiger partial charge in [0.15, 0.2) is 0 Å². The van der Waals surface area contributed by atoms with Crippen molar-refractivity contribution in [3.8, 4) is 5.75 Å². The highest BCUT2D eigenvalue weighted by molar-refractivity contribution is 5.76. The summed E-state index contributed by atoms with van der Waals surface area (Å²) < 4.78 is 5.77. The molecular formula is C23H25NO. The van der Waals surface area contributed by atoms with Crippen LogP contribution in [0.2, 0.25) is 0 Å². The monoisotopic (exact) mass is 331 g/mol. The predicted octanol–water partition coefficient (Wildman–Crippen LogP) is 6.56. The highest BCUT2D eigenvalue weighted by Crippen LogP contribution is 2.35. The van der Waals surface area contributed by atoms with E-state index < -0.39 is 0 Å². The van der Waals surface area contributed by atoms with Crippen LogP contribution in [0.3, 0.4) is 0 Å². The first-order valence-electron chi connectivity index (χ1n) is 8.73. The summed E-state index contributed by atoms with van der Waals surface area (Å²) in [5.74, 6) is 0.895. The molecule has 0 heterocycles. The lowest BCUT2D eigenvalue weighted by Crippen LogP contribution is -2.10. The van der Waals surface area contributed by atoms with E-state index >= 15 is 0 Å². The van der Waals surface area contributed by atoms with E-state index in [2.05, 4.69) is 79.4 Å². The number of ether oxygens (including phenoxy) is 1. The van der Waals surface area contributed by atoms with Crippen LogP contribution in [0.1, 0.15) is 25.0 Å². The SMILES string of the molecule is Cc1ccc(N(c2ccc(C)cc2)c2ccc(OC(C)C)cc2)cc1. The Balaban J connectivity index is 2.01. The maximum Gasteiger partial charge on any atom is 0.119 e. The van der Waals surface area contributed by atoms with Crippen LogP contribution in [0, 0.1) is 13.8 Å². The summed E-state index contributed by atoms with van der Waals surface area (Å²) in [4.78, 5) is 2.26. The van der Waals surface area contributed by atoms with E-state index in [-0.39, 0.29) is 6.10 Å². The summed E-state index contributed by atoms with van der Waals surface area (Å²) in [6, 6.07) is 25.5. The number of hydrogen-bond acceptors (Lipinski definition) is 2. The van der Waals surface area contributed by atoms with Crippen molar-refractivity contribution in [2.75, 3.05) is 4.90 Å². The van der Waals surface area contributed by atoms with Crippen molar-refractivity contribution in [3.05, 3.63) is 83.9 Å². The molecule has 3 aromatic carbocycles. The first kappa shape index (κ1) is 17.1. The standard InChI is InChI=1S/C23H25NO/c1-17(2)25-23-15-13-22(14-16-23)24(20-9-5-18(3)6-10-20)21-11-7-19(4)8-12-21/h5-17H,1-4H3. The van der Waals surface area contributed by atoms with Gasteiger partial charge >= 0.3 is 0 Å². The Bertz CT molecular complexity index is 757. The molecule has 0 atom stereocenters. The van der Waals surface area contributed by atoms with E-state index in [0.29, 0.717) is 0 Å². The highest BCUT2D eigenvalue weighted by Gasteiger charge is 2.12. The normalized spacial score (nSPS) is 10.8. The average Bonchev–Trinajstić information content (AvgIpc) is 2.59. The molecule has 3 aromatic rings. The van der Waals surface area contributed by atoms with Gasteiger partial charge in [-0.25, -0.2) is 0 Å². The first-order chi connectivity index (χ1) is 12.0. The first-order valence-corrected chi connectivity index (χ1v) is 8.73. The van der Waals surface area contributed by atoms with E-state index in [1.54, 1.807) is 0 Å². The van der Waals surface area contributed by atoms with E-state index in [4.69, 9.17) is 4.74 Å². The second-order valence-corrected chi connectivity index (χ2v) is 6.67. The lowest BCUT2D eigenvalue weighted by atomic mass is 10.1. The molecule has 0 fully saturated rings. The van der Waals surface area contributed by atoms with Gasteiger partial charge in [-0.3, -0.25) is 0 Å². The van der Waals surface area contributed by atoms with E-state index in [1.807, 2.05) is 26.0 Å². The fraction of sp³-hybridized carbons (Fsp3) is 0.217. The topological polar surface area (TPSA) is 12.5 Å². The quantitative estimate of drug-likeness (QED) is 0.525. The average molecular weight is 331 g/mol. The van der Waals surface area contributed by atoms with Crippen molar-refractivity contribution in [2.24, 2.45) is 0 Å². The van der Waals surface area contributed by atoms with Crippen LogP contribution in [-0.2, 0) is 0 Å². The van der Waals surface area contributed by atoms with E-state index in [0.717, 1.165) is 22.8 Å². The van der Waals surface area contributed by atoms with Crippen molar-refractivity contribution in [3.63, 3.8) is 0 Å². The number of benzene rings is 3. The molecule has 0 spiro atoms. The molecule has 0 aliphatic carbocycles. The summed E-state index contributed by atoms with van der Waals surface area (Å²) >= 11 is 0. The molecule has 0 aliphatic rings. The third-order valence-electron chi connectivity index (χ3n) is 4.05. The van der Waals surface area contributed by atoms with Gasteiger partial charge in [0.25, 0.3) is 0 Å². The molecule has 2 heteroatoms. The molecule has 0 radical (unpaired) electrons. The summed E-state index contributed by atoms with van der Waals surface area (Å²) in [6.07, 6.45) is 0.177. The maximum absolute atomic E-state index is 5.77. The molecule has 0 amide bonds. The van der Waals surface area contributed by atoms with Crippen LogP contribution < -0.4 is 9.64 Å². The van der Waals surface area contributed by atoms with Crippen LogP contribution in [0.25, 0.3) is 0 Å².